The normalized spacial score (nSPS) is 25.9. The van der Waals surface area contributed by atoms with Crippen molar-refractivity contribution in [3.63, 3.8) is 0 Å². The van der Waals surface area contributed by atoms with Crippen molar-refractivity contribution in [1.29, 1.82) is 0 Å². The van der Waals surface area contributed by atoms with Crippen LogP contribution < -0.4 is 0 Å². The van der Waals surface area contributed by atoms with Gasteiger partial charge in [-0.05, 0) is 39.7 Å². The Hall–Kier alpha value is -1.39. The fourth-order valence-corrected chi connectivity index (χ4v) is 2.93. The molecule has 1 aliphatic carbocycles. The van der Waals surface area contributed by atoms with Gasteiger partial charge >= 0.3 is 6.09 Å². The van der Waals surface area contributed by atoms with Crippen molar-refractivity contribution in [3.05, 3.63) is 11.9 Å². The van der Waals surface area contributed by atoms with Crippen molar-refractivity contribution in [3.8, 4) is 0 Å². The summed E-state index contributed by atoms with van der Waals surface area (Å²) in [5.74, 6) is -1.36. The Kier molecular flexibility index (Phi) is 3.65. The number of likely N-dealkylation sites (tertiary alicyclic amines) is 1. The van der Waals surface area contributed by atoms with Gasteiger partial charge in [-0.1, -0.05) is 6.92 Å². The van der Waals surface area contributed by atoms with Crippen LogP contribution in [-0.2, 0) is 9.53 Å². The van der Waals surface area contributed by atoms with E-state index in [1.807, 2.05) is 20.8 Å². The molecule has 2 rings (SSSR count). The van der Waals surface area contributed by atoms with Crippen molar-refractivity contribution in [2.45, 2.75) is 46.1 Å². The van der Waals surface area contributed by atoms with E-state index in [0.29, 0.717) is 25.9 Å². The quantitative estimate of drug-likeness (QED) is 0.686. The minimum atomic E-state index is -0.622. The SMILES string of the molecule is CC1C(=O)C(F)=CC12CCN(C(=O)OC(C)(C)C)CC2. The molecule has 1 spiro atoms. The molecule has 0 aromatic rings. The number of carbonyl (C=O) groups is 2. The van der Waals surface area contributed by atoms with E-state index in [0.717, 1.165) is 0 Å². The lowest BCUT2D eigenvalue weighted by molar-refractivity contribution is -0.121. The summed E-state index contributed by atoms with van der Waals surface area (Å²) in [7, 11) is 0. The number of amides is 1. The number of nitrogens with zero attached hydrogens (tertiary/aromatic N) is 1. The third kappa shape index (κ3) is 2.72. The van der Waals surface area contributed by atoms with Gasteiger partial charge in [0.15, 0.2) is 11.6 Å². The van der Waals surface area contributed by atoms with Crippen LogP contribution in [0.15, 0.2) is 11.9 Å². The molecule has 1 unspecified atom stereocenters. The zero-order chi connectivity index (χ0) is 15.1. The first-order chi connectivity index (χ1) is 9.15. The van der Waals surface area contributed by atoms with Crippen LogP contribution >= 0.6 is 0 Å². The summed E-state index contributed by atoms with van der Waals surface area (Å²) >= 11 is 0. The number of hydrogen-bond donors (Lipinski definition) is 0. The predicted molar refractivity (Wildman–Crippen MR) is 72.8 cm³/mol. The minimum Gasteiger partial charge on any atom is -0.444 e. The van der Waals surface area contributed by atoms with Gasteiger partial charge in [0.1, 0.15) is 5.60 Å². The third-order valence-electron chi connectivity index (χ3n) is 4.25. The molecule has 2 aliphatic rings. The van der Waals surface area contributed by atoms with Crippen LogP contribution in [0.1, 0.15) is 40.5 Å². The molecule has 5 heteroatoms. The number of allylic oxidation sites excluding steroid dienone is 2. The summed E-state index contributed by atoms with van der Waals surface area (Å²) in [5, 5.41) is 0. The Bertz CT molecular complexity index is 456. The Morgan fingerprint density at radius 1 is 1.40 bits per heavy atom. The number of piperidine rings is 1. The Morgan fingerprint density at radius 2 is 1.95 bits per heavy atom. The van der Waals surface area contributed by atoms with E-state index in [4.69, 9.17) is 4.74 Å². The van der Waals surface area contributed by atoms with Gasteiger partial charge in [-0.15, -0.1) is 0 Å². The fourth-order valence-electron chi connectivity index (χ4n) is 2.93. The van der Waals surface area contributed by atoms with Crippen molar-refractivity contribution >= 4 is 11.9 Å². The zero-order valence-corrected chi connectivity index (χ0v) is 12.5. The summed E-state index contributed by atoms with van der Waals surface area (Å²) in [6.07, 6.45) is 2.33. The maximum Gasteiger partial charge on any atom is 0.410 e. The van der Waals surface area contributed by atoms with Gasteiger partial charge in [-0.2, -0.15) is 0 Å². The molecule has 1 aliphatic heterocycles. The van der Waals surface area contributed by atoms with E-state index in [1.54, 1.807) is 11.8 Å². The highest BCUT2D eigenvalue weighted by Gasteiger charge is 2.48. The van der Waals surface area contributed by atoms with Gasteiger partial charge in [-0.3, -0.25) is 4.79 Å². The van der Waals surface area contributed by atoms with Gasteiger partial charge in [0.2, 0.25) is 0 Å². The number of ether oxygens (including phenoxy) is 1. The van der Waals surface area contributed by atoms with Gasteiger partial charge in [0.05, 0.1) is 0 Å². The summed E-state index contributed by atoms with van der Waals surface area (Å²) in [6, 6.07) is 0. The molecule has 1 saturated heterocycles. The molecule has 112 valence electrons. The van der Waals surface area contributed by atoms with E-state index in [9.17, 15) is 14.0 Å². The lowest BCUT2D eigenvalue weighted by atomic mass is 9.71. The molecule has 0 N–H and O–H groups in total. The standard InChI is InChI=1S/C15H22FNO3/c1-10-12(18)11(16)9-15(10)5-7-17(8-6-15)13(19)20-14(2,3)4/h9-10H,5-8H2,1-4H3. The van der Waals surface area contributed by atoms with Crippen molar-refractivity contribution < 1.29 is 18.7 Å². The van der Waals surface area contributed by atoms with Crippen LogP contribution in [0.2, 0.25) is 0 Å². The first-order valence-corrected chi connectivity index (χ1v) is 7.05. The van der Waals surface area contributed by atoms with Gasteiger partial charge in [-0.25, -0.2) is 9.18 Å². The number of halogens is 1. The van der Waals surface area contributed by atoms with Gasteiger partial charge < -0.3 is 9.64 Å². The summed E-state index contributed by atoms with van der Waals surface area (Å²) in [6.45, 7) is 8.24. The number of hydrogen-bond acceptors (Lipinski definition) is 3. The maximum atomic E-state index is 13.5. The second kappa shape index (κ2) is 4.86. The lowest BCUT2D eigenvalue weighted by Crippen LogP contribution is -2.46. The van der Waals surface area contributed by atoms with Crippen molar-refractivity contribution in [2.24, 2.45) is 11.3 Å². The fraction of sp³-hybridized carbons (Fsp3) is 0.733. The Labute approximate surface area is 119 Å². The average molecular weight is 283 g/mol. The molecule has 1 amide bonds. The molecule has 1 fully saturated rings. The smallest absolute Gasteiger partial charge is 0.410 e. The lowest BCUT2D eigenvalue weighted by Gasteiger charge is -2.40. The van der Waals surface area contributed by atoms with Gasteiger partial charge in [0, 0.05) is 24.4 Å². The van der Waals surface area contributed by atoms with Crippen LogP contribution in [0.25, 0.3) is 0 Å². The highest BCUT2D eigenvalue weighted by Crippen LogP contribution is 2.47. The van der Waals surface area contributed by atoms with E-state index < -0.39 is 22.6 Å². The number of Topliss-reactive ketones (excluding diaryl/α,β-unsaturated/α-hetero) is 1. The second-order valence-corrected chi connectivity index (χ2v) is 6.78. The Balaban J connectivity index is 2.00. The first-order valence-electron chi connectivity index (χ1n) is 7.05. The van der Waals surface area contributed by atoms with Crippen molar-refractivity contribution in [2.75, 3.05) is 13.1 Å². The molecule has 20 heavy (non-hydrogen) atoms. The Morgan fingerprint density at radius 3 is 2.35 bits per heavy atom. The molecule has 0 aromatic carbocycles. The van der Waals surface area contributed by atoms with Crippen LogP contribution in [-0.4, -0.2) is 35.5 Å². The van der Waals surface area contributed by atoms with E-state index in [1.165, 1.54) is 6.08 Å². The molecular formula is C15H22FNO3. The van der Waals surface area contributed by atoms with E-state index >= 15 is 0 Å². The van der Waals surface area contributed by atoms with E-state index in [2.05, 4.69) is 0 Å². The molecule has 0 radical (unpaired) electrons. The second-order valence-electron chi connectivity index (χ2n) is 6.78. The third-order valence-corrected chi connectivity index (χ3v) is 4.25. The van der Waals surface area contributed by atoms with E-state index in [-0.39, 0.29) is 12.0 Å². The number of ketones is 1. The minimum absolute atomic E-state index is 0.330. The number of rotatable bonds is 0. The predicted octanol–water partition coefficient (Wildman–Crippen LogP) is 3.08. The van der Waals surface area contributed by atoms with Crippen LogP contribution in [0.3, 0.4) is 0 Å². The van der Waals surface area contributed by atoms with Crippen LogP contribution in [0.4, 0.5) is 9.18 Å². The molecule has 0 saturated carbocycles. The molecule has 1 atom stereocenters. The van der Waals surface area contributed by atoms with Gasteiger partial charge in [0.25, 0.3) is 0 Å². The first kappa shape index (κ1) is 15.0. The largest absolute Gasteiger partial charge is 0.444 e. The number of carbonyl (C=O) groups excluding carboxylic acids is 2. The molecule has 0 aromatic heterocycles. The van der Waals surface area contributed by atoms with Crippen LogP contribution in [0.5, 0.6) is 0 Å². The molecular weight excluding hydrogens is 261 g/mol. The monoisotopic (exact) mass is 283 g/mol. The maximum absolute atomic E-state index is 13.5. The molecule has 4 nitrogen and oxygen atoms in total. The highest BCUT2D eigenvalue weighted by atomic mass is 19.1. The summed E-state index contributed by atoms with van der Waals surface area (Å²) < 4.78 is 18.8. The molecule has 0 bridgehead atoms. The zero-order valence-electron chi connectivity index (χ0n) is 12.5. The summed E-state index contributed by atoms with van der Waals surface area (Å²) in [5.41, 5.74) is -0.936. The molecule has 1 heterocycles. The summed E-state index contributed by atoms with van der Waals surface area (Å²) in [4.78, 5) is 25.2. The van der Waals surface area contributed by atoms with Crippen LogP contribution in [0, 0.1) is 11.3 Å². The topological polar surface area (TPSA) is 46.6 Å². The average Bonchev–Trinajstić information content (AvgIpc) is 2.53. The highest BCUT2D eigenvalue weighted by molar-refractivity contribution is 5.98. The van der Waals surface area contributed by atoms with Crippen molar-refractivity contribution in [1.82, 2.24) is 4.90 Å².